The fourth-order valence-corrected chi connectivity index (χ4v) is 2.47. The monoisotopic (exact) mass is 292 g/mol. The van der Waals surface area contributed by atoms with E-state index in [4.69, 9.17) is 0 Å². The summed E-state index contributed by atoms with van der Waals surface area (Å²) in [4.78, 5) is 19.4. The van der Waals surface area contributed by atoms with E-state index in [0.717, 1.165) is 6.07 Å². The number of pyridine rings is 1. The van der Waals surface area contributed by atoms with E-state index in [2.05, 4.69) is 9.97 Å². The van der Waals surface area contributed by atoms with Gasteiger partial charge in [-0.05, 0) is 6.07 Å². The first-order valence-electron chi connectivity index (χ1n) is 5.48. The van der Waals surface area contributed by atoms with Gasteiger partial charge in [0.15, 0.2) is 0 Å². The van der Waals surface area contributed by atoms with Crippen LogP contribution in [0, 0.1) is 11.6 Å². The molecule has 2 heterocycles. The van der Waals surface area contributed by atoms with Crippen molar-refractivity contribution in [3.63, 3.8) is 0 Å². The summed E-state index contributed by atoms with van der Waals surface area (Å²) in [6.07, 6.45) is 0. The molecule has 20 heavy (non-hydrogen) atoms. The molecule has 0 aliphatic heterocycles. The van der Waals surface area contributed by atoms with Crippen LogP contribution in [-0.2, 0) is 0 Å². The molecule has 0 fully saturated rings. The Morgan fingerprint density at radius 1 is 1.20 bits per heavy atom. The van der Waals surface area contributed by atoms with Crippen molar-refractivity contribution in [3.8, 4) is 11.4 Å². The van der Waals surface area contributed by atoms with Gasteiger partial charge in [0.25, 0.3) is 0 Å². The lowest BCUT2D eigenvalue weighted by Crippen LogP contribution is -2.02. The average molecular weight is 292 g/mol. The molecule has 4 nitrogen and oxygen atoms in total. The van der Waals surface area contributed by atoms with E-state index in [9.17, 15) is 18.7 Å². The second-order valence-electron chi connectivity index (χ2n) is 4.02. The van der Waals surface area contributed by atoms with E-state index in [-0.39, 0.29) is 22.2 Å². The summed E-state index contributed by atoms with van der Waals surface area (Å²) in [5, 5.41) is 10.7. The van der Waals surface area contributed by atoms with Crippen molar-refractivity contribution in [1.29, 1.82) is 0 Å². The van der Waals surface area contributed by atoms with Gasteiger partial charge in [0, 0.05) is 17.5 Å². The number of carbonyl (C=O) groups is 1. The average Bonchev–Trinajstić information content (AvgIpc) is 2.90. The van der Waals surface area contributed by atoms with E-state index in [1.807, 2.05) is 0 Å². The number of thiazole rings is 1. The standard InChI is InChI=1S/C13H6F2N2O2S/c14-6-1-8(15)12-7(13(18)19)3-9(17-10(12)2-6)11-4-20-5-16-11/h1-5H,(H,18,19). The summed E-state index contributed by atoms with van der Waals surface area (Å²) < 4.78 is 27.0. The highest BCUT2D eigenvalue weighted by Gasteiger charge is 2.18. The first-order chi connectivity index (χ1) is 9.56. The Hall–Kier alpha value is -2.41. The number of nitrogens with zero attached hydrogens (tertiary/aromatic N) is 2. The number of hydrogen-bond donors (Lipinski definition) is 1. The second-order valence-corrected chi connectivity index (χ2v) is 4.73. The minimum absolute atomic E-state index is 0.0506. The minimum Gasteiger partial charge on any atom is -0.478 e. The zero-order valence-corrected chi connectivity index (χ0v) is 10.6. The van der Waals surface area contributed by atoms with Crippen molar-refractivity contribution >= 4 is 28.2 Å². The van der Waals surface area contributed by atoms with Gasteiger partial charge in [0.2, 0.25) is 0 Å². The second kappa shape index (κ2) is 4.61. The fourth-order valence-electron chi connectivity index (χ4n) is 1.92. The Kier molecular flexibility index (Phi) is 2.90. The highest BCUT2D eigenvalue weighted by molar-refractivity contribution is 7.07. The molecule has 0 aliphatic rings. The molecule has 0 aliphatic carbocycles. The summed E-state index contributed by atoms with van der Waals surface area (Å²) in [7, 11) is 0. The molecule has 100 valence electrons. The molecule has 1 aromatic carbocycles. The Morgan fingerprint density at radius 2 is 2.00 bits per heavy atom. The number of halogens is 2. The maximum atomic E-state index is 13.8. The Balaban J connectivity index is 2.40. The normalized spacial score (nSPS) is 10.9. The molecule has 0 bridgehead atoms. The number of carboxylic acid groups (broad SMARTS) is 1. The van der Waals surface area contributed by atoms with Crippen molar-refractivity contribution in [2.24, 2.45) is 0 Å². The Morgan fingerprint density at radius 3 is 2.65 bits per heavy atom. The van der Waals surface area contributed by atoms with Crippen LogP contribution in [-0.4, -0.2) is 21.0 Å². The zero-order chi connectivity index (χ0) is 14.3. The topological polar surface area (TPSA) is 63.1 Å². The summed E-state index contributed by atoms with van der Waals surface area (Å²) in [5.74, 6) is -3.07. The van der Waals surface area contributed by atoms with Gasteiger partial charge in [-0.25, -0.2) is 23.5 Å². The molecule has 0 spiro atoms. The van der Waals surface area contributed by atoms with Crippen LogP contribution in [0.2, 0.25) is 0 Å². The van der Waals surface area contributed by atoms with Crippen molar-refractivity contribution in [2.75, 3.05) is 0 Å². The van der Waals surface area contributed by atoms with Crippen LogP contribution in [0.15, 0.2) is 29.1 Å². The number of hydrogen-bond acceptors (Lipinski definition) is 4. The quantitative estimate of drug-likeness (QED) is 0.787. The molecule has 7 heteroatoms. The Bertz CT molecular complexity index is 819. The minimum atomic E-state index is -1.31. The molecule has 0 radical (unpaired) electrons. The lowest BCUT2D eigenvalue weighted by molar-refractivity contribution is 0.0698. The SMILES string of the molecule is O=C(O)c1cc(-c2cscn2)nc2cc(F)cc(F)c12. The van der Waals surface area contributed by atoms with Crippen molar-refractivity contribution < 1.29 is 18.7 Å². The van der Waals surface area contributed by atoms with E-state index < -0.39 is 17.6 Å². The highest BCUT2D eigenvalue weighted by atomic mass is 32.1. The molecule has 0 saturated heterocycles. The van der Waals surface area contributed by atoms with Gasteiger partial charge in [-0.2, -0.15) is 0 Å². The van der Waals surface area contributed by atoms with Gasteiger partial charge >= 0.3 is 5.97 Å². The summed E-state index contributed by atoms with van der Waals surface area (Å²) in [6.45, 7) is 0. The van der Waals surface area contributed by atoms with Crippen molar-refractivity contribution in [1.82, 2.24) is 9.97 Å². The van der Waals surface area contributed by atoms with Gasteiger partial charge in [0.05, 0.1) is 33.4 Å². The molecule has 2 aromatic heterocycles. The largest absolute Gasteiger partial charge is 0.478 e. The van der Waals surface area contributed by atoms with E-state index in [0.29, 0.717) is 11.8 Å². The fraction of sp³-hybridized carbons (Fsp3) is 0. The van der Waals surface area contributed by atoms with Crippen LogP contribution >= 0.6 is 11.3 Å². The van der Waals surface area contributed by atoms with Crippen LogP contribution in [0.1, 0.15) is 10.4 Å². The number of aromatic carboxylic acids is 1. The molecular weight excluding hydrogens is 286 g/mol. The summed E-state index contributed by atoms with van der Waals surface area (Å²) in [6, 6.07) is 2.88. The van der Waals surface area contributed by atoms with E-state index in [1.165, 1.54) is 17.4 Å². The number of rotatable bonds is 2. The number of carboxylic acids is 1. The van der Waals surface area contributed by atoms with Crippen LogP contribution in [0.25, 0.3) is 22.3 Å². The molecule has 1 N–H and O–H groups in total. The van der Waals surface area contributed by atoms with Gasteiger partial charge in [-0.3, -0.25) is 0 Å². The third kappa shape index (κ3) is 2.01. The molecule has 3 aromatic rings. The van der Waals surface area contributed by atoms with E-state index >= 15 is 0 Å². The van der Waals surface area contributed by atoms with E-state index in [1.54, 1.807) is 10.9 Å². The third-order valence-electron chi connectivity index (χ3n) is 2.75. The Labute approximate surface area is 115 Å². The van der Waals surface area contributed by atoms with Gasteiger partial charge < -0.3 is 5.11 Å². The maximum Gasteiger partial charge on any atom is 0.336 e. The predicted octanol–water partition coefficient (Wildman–Crippen LogP) is 3.33. The van der Waals surface area contributed by atoms with Crippen molar-refractivity contribution in [2.45, 2.75) is 0 Å². The molecule has 0 saturated carbocycles. The van der Waals surface area contributed by atoms with Gasteiger partial charge in [-0.15, -0.1) is 11.3 Å². The predicted molar refractivity (Wildman–Crippen MR) is 69.7 cm³/mol. The molecular formula is C13H6F2N2O2S. The maximum absolute atomic E-state index is 13.8. The number of benzene rings is 1. The van der Waals surface area contributed by atoms with Crippen molar-refractivity contribution in [3.05, 3.63) is 46.3 Å². The summed E-state index contributed by atoms with van der Waals surface area (Å²) >= 11 is 1.31. The third-order valence-corrected chi connectivity index (χ3v) is 3.34. The van der Waals surface area contributed by atoms with Crippen LogP contribution in [0.3, 0.4) is 0 Å². The lowest BCUT2D eigenvalue weighted by atomic mass is 10.1. The van der Waals surface area contributed by atoms with Gasteiger partial charge in [0.1, 0.15) is 11.6 Å². The molecule has 3 rings (SSSR count). The zero-order valence-electron chi connectivity index (χ0n) is 9.80. The number of fused-ring (bicyclic) bond motifs is 1. The molecule has 0 amide bonds. The van der Waals surface area contributed by atoms with Gasteiger partial charge in [-0.1, -0.05) is 0 Å². The highest BCUT2D eigenvalue weighted by Crippen LogP contribution is 2.27. The van der Waals surface area contributed by atoms with Crippen LogP contribution in [0.4, 0.5) is 8.78 Å². The first-order valence-corrected chi connectivity index (χ1v) is 6.42. The smallest absolute Gasteiger partial charge is 0.336 e. The first kappa shape index (κ1) is 12.6. The lowest BCUT2D eigenvalue weighted by Gasteiger charge is -2.06. The molecule has 0 atom stereocenters. The molecule has 0 unspecified atom stereocenters. The van der Waals surface area contributed by atoms with Crippen LogP contribution in [0.5, 0.6) is 0 Å². The number of aromatic nitrogens is 2. The summed E-state index contributed by atoms with van der Waals surface area (Å²) in [5.41, 5.74) is 1.97. The van der Waals surface area contributed by atoms with Crippen LogP contribution < -0.4 is 0 Å².